The fourth-order valence-corrected chi connectivity index (χ4v) is 5.77. The van der Waals surface area contributed by atoms with Crippen molar-refractivity contribution < 1.29 is 13.5 Å². The van der Waals surface area contributed by atoms with Crippen molar-refractivity contribution in [1.82, 2.24) is 0 Å². The average molecular weight is 300 g/mol. The van der Waals surface area contributed by atoms with E-state index in [1.807, 2.05) is 6.07 Å². The summed E-state index contributed by atoms with van der Waals surface area (Å²) in [6.45, 7) is 0. The van der Waals surface area contributed by atoms with Crippen LogP contribution in [0, 0.1) is 0 Å². The van der Waals surface area contributed by atoms with Gasteiger partial charge in [-0.1, -0.05) is 25.3 Å². The van der Waals surface area contributed by atoms with E-state index in [0.717, 1.165) is 37.0 Å². The second-order valence-electron chi connectivity index (χ2n) is 5.30. The van der Waals surface area contributed by atoms with Crippen molar-refractivity contribution in [3.05, 3.63) is 24.3 Å². The van der Waals surface area contributed by atoms with Gasteiger partial charge >= 0.3 is 0 Å². The molecule has 0 saturated heterocycles. The summed E-state index contributed by atoms with van der Waals surface area (Å²) in [4.78, 5) is 0.925. The largest absolute Gasteiger partial charge is 0.508 e. The Morgan fingerprint density at radius 1 is 1.26 bits per heavy atom. The van der Waals surface area contributed by atoms with E-state index in [-0.39, 0.29) is 5.75 Å². The Kier molecular flexibility index (Phi) is 4.46. The Hall–Kier alpha value is -0.680. The van der Waals surface area contributed by atoms with E-state index < -0.39 is 14.6 Å². The van der Waals surface area contributed by atoms with Crippen LogP contribution in [-0.4, -0.2) is 30.3 Å². The van der Waals surface area contributed by atoms with Crippen LogP contribution in [0.4, 0.5) is 0 Å². The molecule has 1 aromatic carbocycles. The number of benzene rings is 1. The second-order valence-corrected chi connectivity index (χ2v) is 8.76. The minimum Gasteiger partial charge on any atom is -0.508 e. The molecule has 0 bridgehead atoms. The highest BCUT2D eigenvalue weighted by molar-refractivity contribution is 8.01. The molecule has 2 rings (SSSR count). The zero-order valence-electron chi connectivity index (χ0n) is 11.1. The van der Waals surface area contributed by atoms with Gasteiger partial charge in [0.05, 0.1) is 4.75 Å². The molecule has 1 N–H and O–H groups in total. The fourth-order valence-electron chi connectivity index (χ4n) is 2.61. The first-order chi connectivity index (χ1) is 8.93. The summed E-state index contributed by atoms with van der Waals surface area (Å²) in [5.74, 6) is 0.803. The van der Waals surface area contributed by atoms with Crippen LogP contribution >= 0.6 is 11.8 Å². The standard InChI is InChI=1S/C14H20O3S2/c1-19(16,17)14(8-3-2-4-9-14)11-18-13-7-5-6-12(15)10-13/h5-7,10,15H,2-4,8-9,11H2,1H3. The minimum absolute atomic E-state index is 0.224. The number of thioether (sulfide) groups is 1. The van der Waals surface area contributed by atoms with Gasteiger partial charge in [-0.3, -0.25) is 0 Å². The van der Waals surface area contributed by atoms with Crippen molar-refractivity contribution >= 4 is 21.6 Å². The molecule has 0 amide bonds. The smallest absolute Gasteiger partial charge is 0.153 e. The number of aromatic hydroxyl groups is 1. The maximum absolute atomic E-state index is 12.1. The number of sulfone groups is 1. The SMILES string of the molecule is CS(=O)(=O)C1(CSc2cccc(O)c2)CCCCC1. The van der Waals surface area contributed by atoms with E-state index in [0.29, 0.717) is 5.75 Å². The van der Waals surface area contributed by atoms with Crippen LogP contribution < -0.4 is 0 Å². The summed E-state index contributed by atoms with van der Waals surface area (Å²) in [6, 6.07) is 7.00. The maximum Gasteiger partial charge on any atom is 0.153 e. The van der Waals surface area contributed by atoms with Gasteiger partial charge in [-0.2, -0.15) is 0 Å². The van der Waals surface area contributed by atoms with Gasteiger partial charge in [-0.25, -0.2) is 8.42 Å². The third-order valence-corrected chi connectivity index (χ3v) is 7.46. The molecule has 106 valence electrons. The second kappa shape index (κ2) is 5.75. The monoisotopic (exact) mass is 300 g/mol. The van der Waals surface area contributed by atoms with Crippen molar-refractivity contribution in [3.8, 4) is 5.75 Å². The first-order valence-electron chi connectivity index (χ1n) is 6.54. The lowest BCUT2D eigenvalue weighted by molar-refractivity contribution is 0.401. The van der Waals surface area contributed by atoms with E-state index >= 15 is 0 Å². The molecule has 0 spiro atoms. The number of hydrogen-bond acceptors (Lipinski definition) is 4. The normalized spacial score (nSPS) is 19.2. The quantitative estimate of drug-likeness (QED) is 0.867. The molecular weight excluding hydrogens is 280 g/mol. The molecule has 0 aromatic heterocycles. The third kappa shape index (κ3) is 3.45. The minimum atomic E-state index is -3.05. The van der Waals surface area contributed by atoms with Crippen LogP contribution in [0.25, 0.3) is 0 Å². The summed E-state index contributed by atoms with van der Waals surface area (Å²) in [5.41, 5.74) is 0. The first kappa shape index (κ1) is 14.7. The van der Waals surface area contributed by atoms with Gasteiger partial charge < -0.3 is 5.11 Å². The van der Waals surface area contributed by atoms with E-state index in [9.17, 15) is 13.5 Å². The van der Waals surface area contributed by atoms with Crippen molar-refractivity contribution in [2.75, 3.05) is 12.0 Å². The molecule has 0 atom stereocenters. The van der Waals surface area contributed by atoms with Gasteiger partial charge in [-0.05, 0) is 31.0 Å². The van der Waals surface area contributed by atoms with E-state index in [2.05, 4.69) is 0 Å². The van der Waals surface area contributed by atoms with Crippen molar-refractivity contribution in [2.24, 2.45) is 0 Å². The number of hydrogen-bond donors (Lipinski definition) is 1. The number of phenolic OH excluding ortho intramolecular Hbond substituents is 1. The van der Waals surface area contributed by atoms with Gasteiger partial charge in [0.2, 0.25) is 0 Å². The topological polar surface area (TPSA) is 54.4 Å². The molecule has 1 fully saturated rings. The van der Waals surface area contributed by atoms with Crippen LogP contribution in [0.1, 0.15) is 32.1 Å². The molecule has 1 aromatic rings. The molecular formula is C14H20O3S2. The van der Waals surface area contributed by atoms with Gasteiger partial charge in [0.1, 0.15) is 5.75 Å². The van der Waals surface area contributed by atoms with Crippen LogP contribution in [-0.2, 0) is 9.84 Å². The molecule has 3 nitrogen and oxygen atoms in total. The predicted molar refractivity (Wildman–Crippen MR) is 79.5 cm³/mol. The van der Waals surface area contributed by atoms with Crippen LogP contribution in [0.15, 0.2) is 29.2 Å². The summed E-state index contributed by atoms with van der Waals surface area (Å²) in [6.07, 6.45) is 6.01. The lowest BCUT2D eigenvalue weighted by Gasteiger charge is -2.35. The lowest BCUT2D eigenvalue weighted by atomic mass is 9.90. The van der Waals surface area contributed by atoms with Crippen LogP contribution in [0.5, 0.6) is 5.75 Å². The molecule has 19 heavy (non-hydrogen) atoms. The van der Waals surface area contributed by atoms with E-state index in [1.54, 1.807) is 18.2 Å². The van der Waals surface area contributed by atoms with Crippen LogP contribution in [0.2, 0.25) is 0 Å². The van der Waals surface area contributed by atoms with Crippen molar-refractivity contribution in [2.45, 2.75) is 41.7 Å². The van der Waals surface area contributed by atoms with Gasteiger partial charge in [-0.15, -0.1) is 11.8 Å². The number of phenols is 1. The Morgan fingerprint density at radius 3 is 2.53 bits per heavy atom. The lowest BCUT2D eigenvalue weighted by Crippen LogP contribution is -2.42. The number of rotatable bonds is 4. The fraction of sp³-hybridized carbons (Fsp3) is 0.571. The molecule has 5 heteroatoms. The highest BCUT2D eigenvalue weighted by Crippen LogP contribution is 2.39. The first-order valence-corrected chi connectivity index (χ1v) is 9.42. The summed E-state index contributed by atoms with van der Waals surface area (Å²) in [5, 5.41) is 9.44. The highest BCUT2D eigenvalue weighted by Gasteiger charge is 2.41. The molecule has 1 aliphatic rings. The molecule has 1 aliphatic carbocycles. The summed E-state index contributed by atoms with van der Waals surface area (Å²) in [7, 11) is -3.05. The van der Waals surface area contributed by atoms with Gasteiger partial charge in [0.15, 0.2) is 9.84 Å². The Morgan fingerprint density at radius 2 is 1.95 bits per heavy atom. The highest BCUT2D eigenvalue weighted by atomic mass is 32.2. The van der Waals surface area contributed by atoms with Crippen molar-refractivity contribution in [3.63, 3.8) is 0 Å². The van der Waals surface area contributed by atoms with Gasteiger partial charge in [0, 0.05) is 16.9 Å². The molecule has 0 radical (unpaired) electrons. The predicted octanol–water partition coefficient (Wildman–Crippen LogP) is 3.23. The van der Waals surface area contributed by atoms with Crippen LogP contribution in [0.3, 0.4) is 0 Å². The Labute approximate surface area is 119 Å². The van der Waals surface area contributed by atoms with E-state index in [4.69, 9.17) is 0 Å². The Bertz CT molecular complexity index is 531. The maximum atomic E-state index is 12.1. The Balaban J connectivity index is 2.13. The zero-order chi connectivity index (χ0) is 13.9. The molecule has 1 saturated carbocycles. The third-order valence-electron chi connectivity index (χ3n) is 3.87. The average Bonchev–Trinajstić information content (AvgIpc) is 2.36. The van der Waals surface area contributed by atoms with Crippen molar-refractivity contribution in [1.29, 1.82) is 0 Å². The van der Waals surface area contributed by atoms with E-state index in [1.165, 1.54) is 18.0 Å². The summed E-state index contributed by atoms with van der Waals surface area (Å²) < 4.78 is 23.7. The zero-order valence-corrected chi connectivity index (χ0v) is 12.8. The molecule has 0 aliphatic heterocycles. The summed E-state index contributed by atoms with van der Waals surface area (Å²) >= 11 is 1.53. The molecule has 0 unspecified atom stereocenters. The van der Waals surface area contributed by atoms with Gasteiger partial charge in [0.25, 0.3) is 0 Å². The molecule has 0 heterocycles.